The fourth-order valence-electron chi connectivity index (χ4n) is 3.05. The normalized spacial score (nSPS) is 11.1. The largest absolute Gasteiger partial charge is 0.309 e. The second kappa shape index (κ2) is 8.23. The van der Waals surface area contributed by atoms with Crippen LogP contribution in [0.15, 0.2) is 65.1 Å². The minimum absolute atomic E-state index is 0.185. The van der Waals surface area contributed by atoms with Gasteiger partial charge in [0.2, 0.25) is 0 Å². The molecule has 4 rings (SSSR count). The molecule has 0 aliphatic rings. The molecule has 4 aromatic rings. The summed E-state index contributed by atoms with van der Waals surface area (Å²) in [5, 5.41) is 10.5. The van der Waals surface area contributed by atoms with Crippen molar-refractivity contribution in [3.8, 4) is 11.4 Å². The molecule has 0 atom stereocenters. The van der Waals surface area contributed by atoms with Crippen molar-refractivity contribution in [3.63, 3.8) is 0 Å². The lowest BCUT2D eigenvalue weighted by Crippen LogP contribution is -2.11. The Morgan fingerprint density at radius 2 is 2.10 bits per heavy atom. The Morgan fingerprint density at radius 3 is 2.90 bits per heavy atom. The number of fused-ring (bicyclic) bond motifs is 1. The summed E-state index contributed by atoms with van der Waals surface area (Å²) >= 11 is 7.49. The van der Waals surface area contributed by atoms with E-state index in [-0.39, 0.29) is 5.56 Å². The molecule has 8 heteroatoms. The number of allylic oxidation sites excluding steroid dienone is 1. The molecular weight excluding hydrogens is 406 g/mol. The van der Waals surface area contributed by atoms with E-state index < -0.39 is 0 Å². The van der Waals surface area contributed by atoms with Crippen molar-refractivity contribution >= 4 is 34.3 Å². The van der Waals surface area contributed by atoms with Crippen molar-refractivity contribution < 1.29 is 0 Å². The summed E-state index contributed by atoms with van der Waals surface area (Å²) in [4.78, 5) is 19.7. The average molecular weight is 424 g/mol. The van der Waals surface area contributed by atoms with Crippen LogP contribution in [-0.2, 0) is 12.3 Å². The van der Waals surface area contributed by atoms with Crippen LogP contribution in [-0.4, -0.2) is 24.7 Å². The van der Waals surface area contributed by atoms with Gasteiger partial charge in [-0.1, -0.05) is 53.2 Å². The van der Waals surface area contributed by atoms with Gasteiger partial charge in [0, 0.05) is 17.1 Å². The molecule has 2 heterocycles. The Morgan fingerprint density at radius 1 is 1.24 bits per heavy atom. The summed E-state index contributed by atoms with van der Waals surface area (Å²) in [7, 11) is 0. The molecule has 0 aliphatic carbocycles. The zero-order valence-electron chi connectivity index (χ0n) is 15.7. The number of H-pyrrole nitrogens is 1. The third-order valence-corrected chi connectivity index (χ3v) is 5.57. The van der Waals surface area contributed by atoms with E-state index in [1.54, 1.807) is 18.2 Å². The summed E-state index contributed by atoms with van der Waals surface area (Å²) in [6, 6.07) is 13.2. The van der Waals surface area contributed by atoms with Crippen LogP contribution >= 0.6 is 23.4 Å². The van der Waals surface area contributed by atoms with Gasteiger partial charge in [-0.3, -0.25) is 9.36 Å². The Hall–Kier alpha value is -2.90. The molecule has 0 aliphatic heterocycles. The van der Waals surface area contributed by atoms with Crippen LogP contribution in [0.5, 0.6) is 0 Å². The Balaban J connectivity index is 1.64. The number of aromatic amines is 1. The molecule has 0 amide bonds. The number of aromatic nitrogens is 5. The minimum atomic E-state index is -0.185. The molecule has 0 spiro atoms. The Labute approximate surface area is 176 Å². The summed E-state index contributed by atoms with van der Waals surface area (Å²) in [6.07, 6.45) is 1.81. The fourth-order valence-corrected chi connectivity index (χ4v) is 4.03. The van der Waals surface area contributed by atoms with E-state index in [1.165, 1.54) is 11.8 Å². The predicted octanol–water partition coefficient (Wildman–Crippen LogP) is 4.62. The van der Waals surface area contributed by atoms with Gasteiger partial charge in [-0.15, -0.1) is 16.8 Å². The number of aryl methyl sites for hydroxylation is 1. The molecule has 0 unspecified atom stereocenters. The molecule has 0 radical (unpaired) electrons. The maximum absolute atomic E-state index is 12.3. The molecule has 2 aromatic heterocycles. The second-order valence-corrected chi connectivity index (χ2v) is 7.92. The van der Waals surface area contributed by atoms with Crippen LogP contribution in [0.1, 0.15) is 11.4 Å². The lowest BCUT2D eigenvalue weighted by atomic mass is 10.1. The van der Waals surface area contributed by atoms with Gasteiger partial charge < -0.3 is 4.98 Å². The smallest absolute Gasteiger partial charge is 0.258 e. The Kier molecular flexibility index (Phi) is 5.51. The van der Waals surface area contributed by atoms with Crippen molar-refractivity contribution in [2.75, 3.05) is 0 Å². The summed E-state index contributed by atoms with van der Waals surface area (Å²) in [5.74, 6) is 1.78. The van der Waals surface area contributed by atoms with Gasteiger partial charge in [-0.05, 0) is 31.2 Å². The topological polar surface area (TPSA) is 76.5 Å². The van der Waals surface area contributed by atoms with Gasteiger partial charge in [-0.25, -0.2) is 4.98 Å². The number of nitrogens with zero attached hydrogens (tertiary/aromatic N) is 4. The number of hydrogen-bond donors (Lipinski definition) is 1. The third-order valence-electron chi connectivity index (χ3n) is 4.36. The quantitative estimate of drug-likeness (QED) is 0.361. The first-order valence-electron chi connectivity index (χ1n) is 8.97. The van der Waals surface area contributed by atoms with Crippen LogP contribution in [0.25, 0.3) is 22.3 Å². The molecule has 1 N–H and O–H groups in total. The van der Waals surface area contributed by atoms with Crippen molar-refractivity contribution in [2.24, 2.45) is 0 Å². The minimum Gasteiger partial charge on any atom is -0.309 e. The molecule has 0 fully saturated rings. The van der Waals surface area contributed by atoms with Crippen LogP contribution in [0.4, 0.5) is 0 Å². The van der Waals surface area contributed by atoms with Crippen molar-refractivity contribution in [1.29, 1.82) is 0 Å². The van der Waals surface area contributed by atoms with Gasteiger partial charge >= 0.3 is 0 Å². The number of hydrogen-bond acceptors (Lipinski definition) is 5. The lowest BCUT2D eigenvalue weighted by Gasteiger charge is -2.08. The number of nitrogens with one attached hydrogen (secondary N) is 1. The van der Waals surface area contributed by atoms with E-state index in [4.69, 9.17) is 11.6 Å². The highest BCUT2D eigenvalue weighted by atomic mass is 35.5. The molecule has 6 nitrogen and oxygen atoms in total. The Bertz CT molecular complexity index is 1260. The molecular formula is C21H18ClN5OS. The van der Waals surface area contributed by atoms with E-state index in [0.717, 1.165) is 22.1 Å². The second-order valence-electron chi connectivity index (χ2n) is 6.54. The van der Waals surface area contributed by atoms with E-state index >= 15 is 0 Å². The SMILES string of the molecule is C=CCn1c(SCc2nc3cc(Cl)ccc3c(=O)[nH]2)nnc1-c1cccc(C)c1. The van der Waals surface area contributed by atoms with Crippen LogP contribution in [0.3, 0.4) is 0 Å². The van der Waals surface area contributed by atoms with E-state index in [9.17, 15) is 4.79 Å². The van der Waals surface area contributed by atoms with Crippen molar-refractivity contribution in [1.82, 2.24) is 24.7 Å². The highest BCUT2D eigenvalue weighted by molar-refractivity contribution is 7.98. The van der Waals surface area contributed by atoms with Crippen LogP contribution < -0.4 is 5.56 Å². The number of thioether (sulfide) groups is 1. The van der Waals surface area contributed by atoms with E-state index in [0.29, 0.717) is 34.0 Å². The zero-order valence-corrected chi connectivity index (χ0v) is 17.3. The third kappa shape index (κ3) is 4.11. The van der Waals surface area contributed by atoms with Crippen LogP contribution in [0, 0.1) is 6.92 Å². The summed E-state index contributed by atoms with van der Waals surface area (Å²) < 4.78 is 2.00. The van der Waals surface area contributed by atoms with Gasteiger partial charge in [0.25, 0.3) is 5.56 Å². The fraction of sp³-hybridized carbons (Fsp3) is 0.143. The standard InChI is InChI=1S/C21H18ClN5OS/c1-3-9-27-19(14-6-4-5-13(2)10-14)25-26-21(27)29-12-18-23-17-11-15(22)7-8-16(17)20(28)24-18/h3-8,10-11H,1,9,12H2,2H3,(H,23,24,28). The maximum atomic E-state index is 12.3. The zero-order chi connectivity index (χ0) is 20.4. The molecule has 0 saturated carbocycles. The first kappa shape index (κ1) is 19.4. The molecule has 0 saturated heterocycles. The van der Waals surface area contributed by atoms with Gasteiger partial charge in [0.15, 0.2) is 11.0 Å². The van der Waals surface area contributed by atoms with Crippen molar-refractivity contribution in [3.05, 3.63) is 81.9 Å². The first-order chi connectivity index (χ1) is 14.0. The van der Waals surface area contributed by atoms with Gasteiger partial charge in [-0.2, -0.15) is 0 Å². The summed E-state index contributed by atoms with van der Waals surface area (Å²) in [6.45, 7) is 6.47. The van der Waals surface area contributed by atoms with E-state index in [2.05, 4.69) is 32.8 Å². The number of halogens is 1. The monoisotopic (exact) mass is 423 g/mol. The van der Waals surface area contributed by atoms with Gasteiger partial charge in [0.1, 0.15) is 5.82 Å². The predicted molar refractivity (Wildman–Crippen MR) is 117 cm³/mol. The number of benzene rings is 2. The average Bonchev–Trinajstić information content (AvgIpc) is 3.09. The molecule has 0 bridgehead atoms. The molecule has 2 aromatic carbocycles. The first-order valence-corrected chi connectivity index (χ1v) is 10.3. The number of rotatable bonds is 6. The summed E-state index contributed by atoms with van der Waals surface area (Å²) in [5.41, 5.74) is 2.54. The van der Waals surface area contributed by atoms with E-state index in [1.807, 2.05) is 35.8 Å². The molecule has 29 heavy (non-hydrogen) atoms. The van der Waals surface area contributed by atoms with Gasteiger partial charge in [0.05, 0.1) is 16.7 Å². The highest BCUT2D eigenvalue weighted by Gasteiger charge is 2.14. The van der Waals surface area contributed by atoms with Crippen molar-refractivity contribution in [2.45, 2.75) is 24.4 Å². The maximum Gasteiger partial charge on any atom is 0.258 e. The lowest BCUT2D eigenvalue weighted by molar-refractivity contribution is 0.730. The molecule has 146 valence electrons. The highest BCUT2D eigenvalue weighted by Crippen LogP contribution is 2.26. The van der Waals surface area contributed by atoms with Crippen LogP contribution in [0.2, 0.25) is 5.02 Å².